The molecule has 0 aromatic heterocycles. The van der Waals surface area contributed by atoms with E-state index in [1.165, 1.54) is 38.5 Å². The summed E-state index contributed by atoms with van der Waals surface area (Å²) in [6.45, 7) is 3.95. The van der Waals surface area contributed by atoms with Gasteiger partial charge < -0.3 is 0 Å². The van der Waals surface area contributed by atoms with Gasteiger partial charge in [-0.1, -0.05) is 12.8 Å². The van der Waals surface area contributed by atoms with Crippen LogP contribution in [0.4, 0.5) is 0 Å². The van der Waals surface area contributed by atoms with Gasteiger partial charge >= 0.3 is 0 Å². The molecule has 2 fully saturated rings. The highest BCUT2D eigenvalue weighted by atomic mass is 32.1. The quantitative estimate of drug-likeness (QED) is 0.448. The largest absolute Gasteiger partial charge is 0.199 e. The molecule has 0 aromatic rings. The number of piperidine rings is 2. The molecule has 2 aliphatic rings. The molecule has 0 radical (unpaired) electrons. The summed E-state index contributed by atoms with van der Waals surface area (Å²) in [5.74, 6) is 0. The molecule has 114 valence electrons. The number of hydrazine groups is 3. The summed E-state index contributed by atoms with van der Waals surface area (Å²) in [5.41, 5.74) is 0. The van der Waals surface area contributed by atoms with Crippen LogP contribution in [0.2, 0.25) is 0 Å². The van der Waals surface area contributed by atoms with Gasteiger partial charge in [0.15, 0.2) is 8.64 Å². The van der Waals surface area contributed by atoms with E-state index in [1.807, 2.05) is 10.2 Å². The minimum absolute atomic E-state index is 0.522. The first-order valence-corrected chi connectivity index (χ1v) is 8.88. The van der Waals surface area contributed by atoms with Crippen LogP contribution in [0.25, 0.3) is 0 Å². The van der Waals surface area contributed by atoms with E-state index in [0.29, 0.717) is 8.64 Å². The normalized spacial score (nSPS) is 21.5. The van der Waals surface area contributed by atoms with Gasteiger partial charge in [-0.05, 0) is 50.1 Å². The predicted octanol–water partition coefficient (Wildman–Crippen LogP) is 2.74. The lowest BCUT2D eigenvalue weighted by molar-refractivity contribution is -0.189. The molecule has 0 atom stereocenters. The minimum Gasteiger partial charge on any atom is -0.199 e. The Labute approximate surface area is 143 Å². The van der Waals surface area contributed by atoms with Crippen LogP contribution in [0.1, 0.15) is 38.5 Å². The number of hydrogen-bond acceptors (Lipinski definition) is 4. The summed E-state index contributed by atoms with van der Waals surface area (Å²) in [6, 6.07) is 0. The van der Waals surface area contributed by atoms with Crippen molar-refractivity contribution >= 4 is 58.3 Å². The van der Waals surface area contributed by atoms with Crippen LogP contribution in [0, 0.1) is 0 Å². The van der Waals surface area contributed by atoms with Crippen LogP contribution in [0.15, 0.2) is 0 Å². The summed E-state index contributed by atoms with van der Waals surface area (Å²) in [5, 5.41) is 8.32. The second-order valence-electron chi connectivity index (χ2n) is 5.17. The Hall–Kier alpha value is 0.400. The highest BCUT2D eigenvalue weighted by molar-refractivity contribution is 8.11. The number of thiol groups is 2. The van der Waals surface area contributed by atoms with Gasteiger partial charge in [0, 0.05) is 26.2 Å². The zero-order valence-electron chi connectivity index (χ0n) is 11.6. The third-order valence-corrected chi connectivity index (χ3v) is 4.41. The molecule has 0 N–H and O–H groups in total. The Morgan fingerprint density at radius 1 is 0.650 bits per heavy atom. The molecule has 0 unspecified atom stereocenters. The Morgan fingerprint density at radius 3 is 1.20 bits per heavy atom. The Morgan fingerprint density at radius 2 is 0.950 bits per heavy atom. The fourth-order valence-electron chi connectivity index (χ4n) is 2.78. The average molecular weight is 351 g/mol. The van der Waals surface area contributed by atoms with Crippen molar-refractivity contribution in [2.45, 2.75) is 38.5 Å². The summed E-state index contributed by atoms with van der Waals surface area (Å²) < 4.78 is 1.04. The molecule has 0 aromatic carbocycles. The first-order valence-electron chi connectivity index (χ1n) is 7.17. The second kappa shape index (κ2) is 8.14. The van der Waals surface area contributed by atoms with Crippen LogP contribution < -0.4 is 0 Å². The zero-order valence-corrected chi connectivity index (χ0v) is 15.0. The summed E-state index contributed by atoms with van der Waals surface area (Å²) >= 11 is 19.5. The van der Waals surface area contributed by atoms with E-state index < -0.39 is 0 Å². The number of thiocarbonyl (C=S) groups is 2. The van der Waals surface area contributed by atoms with Gasteiger partial charge in [-0.3, -0.25) is 0 Å². The van der Waals surface area contributed by atoms with E-state index in [4.69, 9.17) is 24.4 Å². The number of hydrogen-bond donors (Lipinski definition) is 2. The maximum Gasteiger partial charge on any atom is 0.171 e. The average Bonchev–Trinajstić information content (AvgIpc) is 2.45. The fraction of sp³-hybridized carbons (Fsp3) is 0.833. The SMILES string of the molecule is S=C(S)N(N1CCCCC1)N(C(=S)S)N1CCCCC1. The van der Waals surface area contributed by atoms with Crippen molar-refractivity contribution in [3.8, 4) is 0 Å². The van der Waals surface area contributed by atoms with E-state index in [1.54, 1.807) is 0 Å². The smallest absolute Gasteiger partial charge is 0.171 e. The first-order chi connectivity index (χ1) is 9.61. The first kappa shape index (κ1) is 16.8. The molecule has 0 saturated carbocycles. The number of nitrogens with zero attached hydrogens (tertiary/aromatic N) is 4. The van der Waals surface area contributed by atoms with Gasteiger partial charge in [-0.15, -0.1) is 25.3 Å². The second-order valence-corrected chi connectivity index (χ2v) is 7.40. The third-order valence-electron chi connectivity index (χ3n) is 3.72. The van der Waals surface area contributed by atoms with Crippen molar-refractivity contribution in [3.05, 3.63) is 0 Å². The highest BCUT2D eigenvalue weighted by Crippen LogP contribution is 2.21. The molecule has 4 nitrogen and oxygen atoms in total. The van der Waals surface area contributed by atoms with Crippen molar-refractivity contribution < 1.29 is 0 Å². The van der Waals surface area contributed by atoms with E-state index in [2.05, 4.69) is 35.3 Å². The van der Waals surface area contributed by atoms with Gasteiger partial charge in [0.25, 0.3) is 0 Å². The minimum atomic E-state index is 0.522. The van der Waals surface area contributed by atoms with Crippen LogP contribution >= 0.6 is 49.7 Å². The molecule has 2 heterocycles. The number of rotatable bonds is 2. The Balaban J connectivity index is 2.17. The molecule has 0 spiro atoms. The van der Waals surface area contributed by atoms with Gasteiger partial charge in [-0.2, -0.15) is 20.3 Å². The molecular formula is C12H22N4S4. The van der Waals surface area contributed by atoms with E-state index in [9.17, 15) is 0 Å². The third kappa shape index (κ3) is 4.20. The Kier molecular flexibility index (Phi) is 6.83. The molecule has 8 heteroatoms. The van der Waals surface area contributed by atoms with Crippen molar-refractivity contribution in [1.29, 1.82) is 0 Å². The van der Waals surface area contributed by atoms with E-state index >= 15 is 0 Å². The summed E-state index contributed by atoms with van der Waals surface area (Å²) in [6.07, 6.45) is 7.28. The van der Waals surface area contributed by atoms with Crippen molar-refractivity contribution in [1.82, 2.24) is 20.3 Å². The van der Waals surface area contributed by atoms with Crippen molar-refractivity contribution in [2.24, 2.45) is 0 Å². The Bertz CT molecular complexity index is 319. The standard InChI is InChI=1S/C12H22N4S4/c17-11(18)15(13-7-3-1-4-8-13)16(12(19)20)14-9-5-2-6-10-14/h1-10H2,(H,17,18)(H,19,20). The molecule has 2 rings (SSSR count). The lowest BCUT2D eigenvalue weighted by Crippen LogP contribution is -2.63. The maximum atomic E-state index is 5.35. The fourth-order valence-corrected chi connectivity index (χ4v) is 3.59. The van der Waals surface area contributed by atoms with Crippen LogP contribution in [-0.4, -0.2) is 55.1 Å². The van der Waals surface area contributed by atoms with Crippen LogP contribution in [0.5, 0.6) is 0 Å². The van der Waals surface area contributed by atoms with Crippen molar-refractivity contribution in [2.75, 3.05) is 26.2 Å². The monoisotopic (exact) mass is 350 g/mol. The summed E-state index contributed by atoms with van der Waals surface area (Å²) in [4.78, 5) is 0. The zero-order chi connectivity index (χ0) is 14.5. The van der Waals surface area contributed by atoms with Gasteiger partial charge in [0.1, 0.15) is 0 Å². The topological polar surface area (TPSA) is 13.0 Å². The maximum absolute atomic E-state index is 5.35. The van der Waals surface area contributed by atoms with Crippen LogP contribution in [0.3, 0.4) is 0 Å². The molecule has 2 saturated heterocycles. The molecule has 0 aliphatic carbocycles. The van der Waals surface area contributed by atoms with E-state index in [-0.39, 0.29) is 0 Å². The van der Waals surface area contributed by atoms with Crippen molar-refractivity contribution in [3.63, 3.8) is 0 Å². The molecule has 2 aliphatic heterocycles. The predicted molar refractivity (Wildman–Crippen MR) is 97.7 cm³/mol. The van der Waals surface area contributed by atoms with Gasteiger partial charge in [-0.25, -0.2) is 0 Å². The molecule has 20 heavy (non-hydrogen) atoms. The van der Waals surface area contributed by atoms with E-state index in [0.717, 1.165) is 26.2 Å². The van der Waals surface area contributed by atoms with Gasteiger partial charge in [0.2, 0.25) is 0 Å². The lowest BCUT2D eigenvalue weighted by Gasteiger charge is -2.48. The van der Waals surface area contributed by atoms with Crippen LogP contribution in [-0.2, 0) is 0 Å². The molecule has 0 amide bonds. The lowest BCUT2D eigenvalue weighted by atomic mass is 10.2. The highest BCUT2D eigenvalue weighted by Gasteiger charge is 2.31. The van der Waals surface area contributed by atoms with Gasteiger partial charge in [0.05, 0.1) is 0 Å². The summed E-state index contributed by atoms with van der Waals surface area (Å²) in [7, 11) is 0. The molecular weight excluding hydrogens is 328 g/mol. The molecule has 0 bridgehead atoms.